The van der Waals surface area contributed by atoms with Crippen molar-refractivity contribution < 1.29 is 9.59 Å². The predicted molar refractivity (Wildman–Crippen MR) is 174 cm³/mol. The van der Waals surface area contributed by atoms with E-state index in [1.807, 2.05) is 30.3 Å². The van der Waals surface area contributed by atoms with E-state index in [0.29, 0.717) is 13.1 Å². The summed E-state index contributed by atoms with van der Waals surface area (Å²) < 4.78 is 0. The molecule has 43 heavy (non-hydrogen) atoms. The van der Waals surface area contributed by atoms with Crippen LogP contribution in [0.5, 0.6) is 0 Å². The molecule has 2 fully saturated rings. The first kappa shape index (κ1) is 28.8. The van der Waals surface area contributed by atoms with Crippen LogP contribution in [-0.4, -0.2) is 60.9 Å². The van der Waals surface area contributed by atoms with Gasteiger partial charge in [0.2, 0.25) is 11.8 Å². The first-order chi connectivity index (χ1) is 21.1. The second-order valence-corrected chi connectivity index (χ2v) is 11.7. The second-order valence-electron chi connectivity index (χ2n) is 11.7. The average molecular weight is 573 g/mol. The van der Waals surface area contributed by atoms with E-state index in [0.717, 1.165) is 48.7 Å². The van der Waals surface area contributed by atoms with Gasteiger partial charge in [0.05, 0.1) is 13.1 Å². The van der Waals surface area contributed by atoms with E-state index in [1.54, 1.807) is 0 Å². The zero-order chi connectivity index (χ0) is 29.4. The highest BCUT2D eigenvalue weighted by molar-refractivity contribution is 5.93. The van der Waals surface area contributed by atoms with Gasteiger partial charge in [-0.05, 0) is 104 Å². The Hall–Kier alpha value is -4.26. The summed E-state index contributed by atoms with van der Waals surface area (Å²) in [5.41, 5.74) is 7.43. The lowest BCUT2D eigenvalue weighted by Gasteiger charge is -2.21. The Labute approximate surface area is 254 Å². The molecule has 0 unspecified atom stereocenters. The van der Waals surface area contributed by atoms with Crippen molar-refractivity contribution in [3.8, 4) is 11.1 Å². The van der Waals surface area contributed by atoms with Gasteiger partial charge < -0.3 is 10.6 Å². The van der Waals surface area contributed by atoms with E-state index in [9.17, 15) is 9.59 Å². The predicted octanol–water partition coefficient (Wildman–Crippen LogP) is 6.60. The summed E-state index contributed by atoms with van der Waals surface area (Å²) in [6.45, 7) is 4.88. The van der Waals surface area contributed by atoms with Crippen molar-refractivity contribution in [1.29, 1.82) is 0 Å². The Balaban J connectivity index is 1.21. The standard InChI is InChI=1S/C37H40N4O2/c42-35(26-40-22-4-5-23-40)38-33-18-14-31(15-19-33)37(30-12-10-29(11-13-30)28-8-2-1-3-9-28)32-16-20-34(21-17-32)39-36(43)27-41-24-6-7-25-41/h1-3,8-21,37H,4-7,22-27H2,(H,38,42)(H,39,43). The number of benzene rings is 4. The van der Waals surface area contributed by atoms with Crippen LogP contribution in [0.1, 0.15) is 48.3 Å². The van der Waals surface area contributed by atoms with Crippen LogP contribution < -0.4 is 10.6 Å². The van der Waals surface area contributed by atoms with Gasteiger partial charge >= 0.3 is 0 Å². The lowest BCUT2D eigenvalue weighted by molar-refractivity contribution is -0.117. The number of amides is 2. The molecule has 0 spiro atoms. The number of carbonyl (C=O) groups excluding carboxylic acids is 2. The highest BCUT2D eigenvalue weighted by Crippen LogP contribution is 2.34. The molecule has 2 aliphatic heterocycles. The quantitative estimate of drug-likeness (QED) is 0.210. The number of carbonyl (C=O) groups is 2. The molecule has 2 N–H and O–H groups in total. The maximum Gasteiger partial charge on any atom is 0.238 e. The molecule has 0 atom stereocenters. The van der Waals surface area contributed by atoms with Crippen molar-refractivity contribution in [3.05, 3.63) is 120 Å². The van der Waals surface area contributed by atoms with Crippen molar-refractivity contribution in [2.75, 3.05) is 49.9 Å². The van der Waals surface area contributed by atoms with E-state index < -0.39 is 0 Å². The summed E-state index contributed by atoms with van der Waals surface area (Å²) in [6, 6.07) is 35.6. The Bertz CT molecular complexity index is 1410. The molecule has 0 aromatic heterocycles. The molecule has 2 saturated heterocycles. The van der Waals surface area contributed by atoms with Crippen LogP contribution in [-0.2, 0) is 9.59 Å². The highest BCUT2D eigenvalue weighted by Gasteiger charge is 2.19. The lowest BCUT2D eigenvalue weighted by Crippen LogP contribution is -2.30. The molecule has 0 radical (unpaired) electrons. The number of likely N-dealkylation sites (tertiary alicyclic amines) is 2. The molecule has 6 heteroatoms. The maximum atomic E-state index is 12.6. The molecule has 4 aromatic carbocycles. The van der Waals surface area contributed by atoms with Gasteiger partial charge in [-0.25, -0.2) is 0 Å². The third-order valence-corrected chi connectivity index (χ3v) is 8.54. The van der Waals surface area contributed by atoms with E-state index in [2.05, 4.69) is 93.2 Å². The third kappa shape index (κ3) is 7.58. The van der Waals surface area contributed by atoms with Crippen LogP contribution in [0.3, 0.4) is 0 Å². The zero-order valence-electron chi connectivity index (χ0n) is 24.7. The monoisotopic (exact) mass is 572 g/mol. The van der Waals surface area contributed by atoms with Gasteiger partial charge in [-0.3, -0.25) is 19.4 Å². The second kappa shape index (κ2) is 13.8. The Morgan fingerprint density at radius 3 is 1.30 bits per heavy atom. The van der Waals surface area contributed by atoms with Gasteiger partial charge in [0, 0.05) is 17.3 Å². The minimum atomic E-state index is -0.00599. The number of rotatable bonds is 10. The smallest absolute Gasteiger partial charge is 0.238 e. The summed E-state index contributed by atoms with van der Waals surface area (Å²) in [5.74, 6) is 0.0589. The third-order valence-electron chi connectivity index (χ3n) is 8.54. The molecule has 2 aliphatic rings. The van der Waals surface area contributed by atoms with Gasteiger partial charge in [-0.2, -0.15) is 0 Å². The van der Waals surface area contributed by atoms with Crippen LogP contribution in [0.25, 0.3) is 11.1 Å². The number of hydrogen-bond acceptors (Lipinski definition) is 4. The van der Waals surface area contributed by atoms with Crippen LogP contribution in [0.15, 0.2) is 103 Å². The summed E-state index contributed by atoms with van der Waals surface area (Å²) >= 11 is 0. The van der Waals surface area contributed by atoms with E-state index in [-0.39, 0.29) is 17.7 Å². The molecular formula is C37H40N4O2. The van der Waals surface area contributed by atoms with Crippen LogP contribution >= 0.6 is 0 Å². The van der Waals surface area contributed by atoms with Crippen LogP contribution in [0.4, 0.5) is 11.4 Å². The number of nitrogens with zero attached hydrogens (tertiary/aromatic N) is 2. The molecule has 0 aliphatic carbocycles. The van der Waals surface area contributed by atoms with Crippen LogP contribution in [0.2, 0.25) is 0 Å². The normalized spacial score (nSPS) is 15.6. The Morgan fingerprint density at radius 1 is 0.512 bits per heavy atom. The number of hydrogen-bond donors (Lipinski definition) is 2. The first-order valence-electron chi connectivity index (χ1n) is 15.5. The van der Waals surface area contributed by atoms with E-state index >= 15 is 0 Å². The van der Waals surface area contributed by atoms with Crippen molar-refractivity contribution in [1.82, 2.24) is 9.80 Å². The minimum absolute atomic E-state index is 0.00599. The van der Waals surface area contributed by atoms with Crippen molar-refractivity contribution >= 4 is 23.2 Å². The fourth-order valence-corrected chi connectivity index (χ4v) is 6.28. The molecule has 220 valence electrons. The molecule has 6 nitrogen and oxygen atoms in total. The van der Waals surface area contributed by atoms with Gasteiger partial charge in [0.15, 0.2) is 0 Å². The van der Waals surface area contributed by atoms with Crippen molar-refractivity contribution in [2.45, 2.75) is 31.6 Å². The molecule has 6 rings (SSSR count). The molecular weight excluding hydrogens is 532 g/mol. The molecule has 2 heterocycles. The maximum absolute atomic E-state index is 12.6. The largest absolute Gasteiger partial charge is 0.325 e. The fourth-order valence-electron chi connectivity index (χ4n) is 6.28. The summed E-state index contributed by atoms with van der Waals surface area (Å²) in [4.78, 5) is 29.6. The summed E-state index contributed by atoms with van der Waals surface area (Å²) in [6.07, 6.45) is 4.67. The Kier molecular flexibility index (Phi) is 9.26. The van der Waals surface area contributed by atoms with Gasteiger partial charge in [-0.15, -0.1) is 0 Å². The van der Waals surface area contributed by atoms with E-state index in [1.165, 1.54) is 42.4 Å². The zero-order valence-corrected chi connectivity index (χ0v) is 24.7. The van der Waals surface area contributed by atoms with E-state index in [4.69, 9.17) is 0 Å². The fraction of sp³-hybridized carbons (Fsp3) is 0.297. The van der Waals surface area contributed by atoms with Gasteiger partial charge in [0.25, 0.3) is 0 Å². The number of anilines is 2. The van der Waals surface area contributed by atoms with Crippen LogP contribution in [0, 0.1) is 0 Å². The topological polar surface area (TPSA) is 64.7 Å². The summed E-state index contributed by atoms with van der Waals surface area (Å²) in [5, 5.41) is 6.13. The first-order valence-corrected chi connectivity index (χ1v) is 15.5. The van der Waals surface area contributed by atoms with Gasteiger partial charge in [-0.1, -0.05) is 78.9 Å². The molecule has 4 aromatic rings. The SMILES string of the molecule is O=C(CN1CCCC1)Nc1ccc(C(c2ccc(NC(=O)CN3CCCC3)cc2)c2ccc(-c3ccccc3)cc2)cc1. The summed E-state index contributed by atoms with van der Waals surface area (Å²) in [7, 11) is 0. The number of nitrogens with one attached hydrogen (secondary N) is 2. The van der Waals surface area contributed by atoms with Gasteiger partial charge in [0.1, 0.15) is 0 Å². The lowest BCUT2D eigenvalue weighted by atomic mass is 9.84. The minimum Gasteiger partial charge on any atom is -0.325 e. The average Bonchev–Trinajstić information content (AvgIpc) is 3.74. The Morgan fingerprint density at radius 2 is 0.884 bits per heavy atom. The highest BCUT2D eigenvalue weighted by atomic mass is 16.2. The van der Waals surface area contributed by atoms with Crippen molar-refractivity contribution in [2.24, 2.45) is 0 Å². The molecule has 0 bridgehead atoms. The van der Waals surface area contributed by atoms with Crippen molar-refractivity contribution in [3.63, 3.8) is 0 Å². The molecule has 0 saturated carbocycles. The molecule has 2 amide bonds.